The lowest BCUT2D eigenvalue weighted by atomic mass is 9.93. The maximum Gasteiger partial charge on any atom is 0.101 e. The predicted octanol–water partition coefficient (Wildman–Crippen LogP) is 3.07. The second-order valence-corrected chi connectivity index (χ2v) is 6.00. The van der Waals surface area contributed by atoms with Crippen LogP contribution < -0.4 is 5.32 Å². The van der Waals surface area contributed by atoms with Crippen LogP contribution >= 0.6 is 15.9 Å². The smallest absolute Gasteiger partial charge is 0.101 e. The van der Waals surface area contributed by atoms with Crippen molar-refractivity contribution in [2.45, 2.75) is 19.4 Å². The number of halogens is 1. The molecule has 1 fully saturated rings. The summed E-state index contributed by atoms with van der Waals surface area (Å²) in [6.45, 7) is 4.48. The third-order valence-corrected chi connectivity index (χ3v) is 4.04. The summed E-state index contributed by atoms with van der Waals surface area (Å²) in [5.74, 6) is 0.592. The number of piperidine rings is 1. The summed E-state index contributed by atoms with van der Waals surface area (Å²) in [6, 6.07) is 8.44. The number of nitrogens with one attached hydrogen (secondary N) is 1. The van der Waals surface area contributed by atoms with Crippen LogP contribution in [0.5, 0.6) is 0 Å². The molecular formula is C14H18BrN3. The van der Waals surface area contributed by atoms with Gasteiger partial charge in [0.2, 0.25) is 0 Å². The molecule has 0 aliphatic carbocycles. The van der Waals surface area contributed by atoms with E-state index in [0.717, 1.165) is 29.7 Å². The first-order chi connectivity index (χ1) is 8.60. The predicted molar refractivity (Wildman–Crippen MR) is 77.5 cm³/mol. The van der Waals surface area contributed by atoms with Gasteiger partial charge in [0.15, 0.2) is 0 Å². The van der Waals surface area contributed by atoms with Crippen LogP contribution in [0, 0.1) is 17.2 Å². The number of nitriles is 1. The highest BCUT2D eigenvalue weighted by Gasteiger charge is 2.24. The van der Waals surface area contributed by atoms with Crippen molar-refractivity contribution in [2.75, 3.05) is 25.5 Å². The molecule has 0 bridgehead atoms. The highest BCUT2D eigenvalue weighted by Crippen LogP contribution is 2.25. The summed E-state index contributed by atoms with van der Waals surface area (Å²) >= 11 is 3.46. The monoisotopic (exact) mass is 307 g/mol. The molecule has 96 valence electrons. The van der Waals surface area contributed by atoms with E-state index in [-0.39, 0.29) is 0 Å². The first-order valence-electron chi connectivity index (χ1n) is 6.25. The molecule has 2 rings (SSSR count). The Morgan fingerprint density at radius 1 is 1.50 bits per heavy atom. The van der Waals surface area contributed by atoms with Crippen molar-refractivity contribution in [3.8, 4) is 6.07 Å². The Bertz CT molecular complexity index is 467. The Balaban J connectivity index is 2.14. The molecule has 1 saturated heterocycles. The van der Waals surface area contributed by atoms with Crippen LogP contribution in [0.25, 0.3) is 0 Å². The van der Waals surface area contributed by atoms with Crippen LogP contribution in [0.3, 0.4) is 0 Å². The Kier molecular flexibility index (Phi) is 4.26. The fourth-order valence-electron chi connectivity index (χ4n) is 2.50. The normalized spacial score (nSPS) is 24.6. The van der Waals surface area contributed by atoms with Crippen molar-refractivity contribution in [1.82, 2.24) is 4.90 Å². The van der Waals surface area contributed by atoms with E-state index in [1.165, 1.54) is 0 Å². The molecule has 2 unspecified atom stereocenters. The van der Waals surface area contributed by atoms with Gasteiger partial charge in [-0.2, -0.15) is 5.26 Å². The van der Waals surface area contributed by atoms with E-state index in [4.69, 9.17) is 5.26 Å². The summed E-state index contributed by atoms with van der Waals surface area (Å²) in [7, 11) is 2.16. The molecule has 1 aliphatic rings. The van der Waals surface area contributed by atoms with E-state index >= 15 is 0 Å². The minimum absolute atomic E-state index is 0.447. The number of hydrogen-bond donors (Lipinski definition) is 1. The van der Waals surface area contributed by atoms with Crippen LogP contribution in [0.1, 0.15) is 18.9 Å². The topological polar surface area (TPSA) is 39.1 Å². The van der Waals surface area contributed by atoms with Gasteiger partial charge in [0.25, 0.3) is 0 Å². The molecule has 3 nitrogen and oxygen atoms in total. The lowest BCUT2D eigenvalue weighted by molar-refractivity contribution is 0.206. The van der Waals surface area contributed by atoms with Gasteiger partial charge in [-0.3, -0.25) is 0 Å². The van der Waals surface area contributed by atoms with Crippen molar-refractivity contribution in [3.63, 3.8) is 0 Å². The maximum atomic E-state index is 9.13. The van der Waals surface area contributed by atoms with E-state index in [2.05, 4.69) is 46.2 Å². The minimum atomic E-state index is 0.447. The lowest BCUT2D eigenvalue weighted by Crippen LogP contribution is -2.43. The zero-order valence-electron chi connectivity index (χ0n) is 10.8. The molecule has 0 spiro atoms. The molecule has 1 N–H and O–H groups in total. The van der Waals surface area contributed by atoms with Crippen molar-refractivity contribution in [2.24, 2.45) is 5.92 Å². The van der Waals surface area contributed by atoms with Gasteiger partial charge in [0, 0.05) is 17.1 Å². The van der Waals surface area contributed by atoms with Crippen molar-refractivity contribution in [3.05, 3.63) is 28.2 Å². The third kappa shape index (κ3) is 3.04. The van der Waals surface area contributed by atoms with Gasteiger partial charge in [-0.25, -0.2) is 0 Å². The highest BCUT2D eigenvalue weighted by molar-refractivity contribution is 9.10. The Labute approximate surface area is 117 Å². The largest absolute Gasteiger partial charge is 0.381 e. The second kappa shape index (κ2) is 5.73. The van der Waals surface area contributed by atoms with Crippen LogP contribution in [-0.2, 0) is 0 Å². The SMILES string of the molecule is CC1CN(C)CCC1Nc1cc(Br)ccc1C#N. The zero-order chi connectivity index (χ0) is 13.1. The van der Waals surface area contributed by atoms with Crippen LogP contribution in [0.2, 0.25) is 0 Å². The summed E-state index contributed by atoms with van der Waals surface area (Å²) in [5.41, 5.74) is 1.65. The van der Waals surface area contributed by atoms with Gasteiger partial charge >= 0.3 is 0 Å². The molecule has 1 aliphatic heterocycles. The number of hydrogen-bond acceptors (Lipinski definition) is 3. The molecule has 1 aromatic carbocycles. The van der Waals surface area contributed by atoms with Crippen LogP contribution in [0.4, 0.5) is 5.69 Å². The fourth-order valence-corrected chi connectivity index (χ4v) is 2.86. The Hall–Kier alpha value is -1.05. The molecule has 18 heavy (non-hydrogen) atoms. The van der Waals surface area contributed by atoms with Gasteiger partial charge in [0.05, 0.1) is 11.3 Å². The molecular weight excluding hydrogens is 290 g/mol. The van der Waals surface area contributed by atoms with Crippen molar-refractivity contribution < 1.29 is 0 Å². The number of anilines is 1. The lowest BCUT2D eigenvalue weighted by Gasteiger charge is -2.36. The number of benzene rings is 1. The molecule has 1 aromatic rings. The second-order valence-electron chi connectivity index (χ2n) is 5.08. The number of likely N-dealkylation sites (tertiary alicyclic amines) is 1. The third-order valence-electron chi connectivity index (χ3n) is 3.55. The molecule has 4 heteroatoms. The van der Waals surface area contributed by atoms with Gasteiger partial charge in [-0.15, -0.1) is 0 Å². The van der Waals surface area contributed by atoms with E-state index in [9.17, 15) is 0 Å². The van der Waals surface area contributed by atoms with Crippen LogP contribution in [-0.4, -0.2) is 31.1 Å². The number of nitrogens with zero attached hydrogens (tertiary/aromatic N) is 2. The Morgan fingerprint density at radius 3 is 2.94 bits per heavy atom. The van der Waals surface area contributed by atoms with E-state index in [1.807, 2.05) is 18.2 Å². The summed E-state index contributed by atoms with van der Waals surface area (Å²) in [4.78, 5) is 2.36. The quantitative estimate of drug-likeness (QED) is 0.912. The van der Waals surface area contributed by atoms with Gasteiger partial charge in [0.1, 0.15) is 6.07 Å². The van der Waals surface area contributed by atoms with Crippen molar-refractivity contribution >= 4 is 21.6 Å². The zero-order valence-corrected chi connectivity index (χ0v) is 12.4. The van der Waals surface area contributed by atoms with Gasteiger partial charge in [-0.1, -0.05) is 22.9 Å². The first kappa shape index (κ1) is 13.4. The van der Waals surface area contributed by atoms with E-state index in [1.54, 1.807) is 0 Å². The average Bonchev–Trinajstić information content (AvgIpc) is 2.33. The van der Waals surface area contributed by atoms with E-state index < -0.39 is 0 Å². The number of rotatable bonds is 2. The highest BCUT2D eigenvalue weighted by atomic mass is 79.9. The van der Waals surface area contributed by atoms with Crippen molar-refractivity contribution in [1.29, 1.82) is 5.26 Å². The molecule has 2 atom stereocenters. The van der Waals surface area contributed by atoms with Crippen LogP contribution in [0.15, 0.2) is 22.7 Å². The molecule has 0 amide bonds. The standard InChI is InChI=1S/C14H18BrN3/c1-10-9-18(2)6-5-13(10)17-14-7-12(15)4-3-11(14)8-16/h3-4,7,10,13,17H,5-6,9H2,1-2H3. The molecule has 0 radical (unpaired) electrons. The minimum Gasteiger partial charge on any atom is -0.381 e. The van der Waals surface area contributed by atoms with E-state index in [0.29, 0.717) is 17.5 Å². The molecule has 1 heterocycles. The van der Waals surface area contributed by atoms with Gasteiger partial charge < -0.3 is 10.2 Å². The summed E-state index contributed by atoms with van der Waals surface area (Å²) in [6.07, 6.45) is 1.12. The molecule has 0 saturated carbocycles. The summed E-state index contributed by atoms with van der Waals surface area (Å²) < 4.78 is 1.00. The first-order valence-corrected chi connectivity index (χ1v) is 7.04. The molecule has 0 aromatic heterocycles. The maximum absolute atomic E-state index is 9.13. The average molecular weight is 308 g/mol. The van der Waals surface area contributed by atoms with Gasteiger partial charge in [-0.05, 0) is 44.1 Å². The summed E-state index contributed by atoms with van der Waals surface area (Å²) in [5, 5.41) is 12.7. The Morgan fingerprint density at radius 2 is 2.28 bits per heavy atom. The fraction of sp³-hybridized carbons (Fsp3) is 0.500.